The summed E-state index contributed by atoms with van der Waals surface area (Å²) in [5, 5.41) is 0. The maximum atomic E-state index is 12.0. The number of carbonyl (C=O) groups is 1. The van der Waals surface area contributed by atoms with E-state index in [1.807, 2.05) is 18.9 Å². The van der Waals surface area contributed by atoms with Crippen LogP contribution < -0.4 is 5.73 Å². The van der Waals surface area contributed by atoms with Gasteiger partial charge in [-0.2, -0.15) is 0 Å². The van der Waals surface area contributed by atoms with Crippen molar-refractivity contribution >= 4 is 5.91 Å². The van der Waals surface area contributed by atoms with E-state index in [1.54, 1.807) is 0 Å². The van der Waals surface area contributed by atoms with E-state index in [9.17, 15) is 4.79 Å². The molecular weight excluding hydrogens is 188 g/mol. The molecule has 0 heterocycles. The minimum Gasteiger partial charge on any atom is -0.343 e. The Hall–Kier alpha value is -0.570. The highest BCUT2D eigenvalue weighted by molar-refractivity contribution is 5.78. The van der Waals surface area contributed by atoms with Gasteiger partial charge in [-0.25, -0.2) is 0 Å². The number of hydrogen-bond acceptors (Lipinski definition) is 2. The van der Waals surface area contributed by atoms with Gasteiger partial charge in [0.1, 0.15) is 0 Å². The van der Waals surface area contributed by atoms with Crippen molar-refractivity contribution in [3.63, 3.8) is 0 Å². The largest absolute Gasteiger partial charge is 0.343 e. The van der Waals surface area contributed by atoms with Crippen molar-refractivity contribution in [3.05, 3.63) is 0 Å². The summed E-state index contributed by atoms with van der Waals surface area (Å²) in [5.41, 5.74) is 5.44. The van der Waals surface area contributed by atoms with Gasteiger partial charge in [-0.15, -0.1) is 0 Å². The molecule has 0 aromatic rings. The van der Waals surface area contributed by atoms with E-state index in [4.69, 9.17) is 5.73 Å². The Balaban J connectivity index is 4.05. The smallest absolute Gasteiger partial charge is 0.225 e. The van der Waals surface area contributed by atoms with Gasteiger partial charge >= 0.3 is 0 Å². The second kappa shape index (κ2) is 7.69. The summed E-state index contributed by atoms with van der Waals surface area (Å²) in [6, 6.07) is 0.350. The molecule has 2 N–H and O–H groups in total. The van der Waals surface area contributed by atoms with Crippen LogP contribution in [-0.4, -0.2) is 30.4 Å². The van der Waals surface area contributed by atoms with Gasteiger partial charge in [-0.3, -0.25) is 4.79 Å². The van der Waals surface area contributed by atoms with Crippen molar-refractivity contribution in [2.75, 3.05) is 13.6 Å². The number of nitrogens with two attached hydrogens (primary N) is 1. The number of amides is 1. The van der Waals surface area contributed by atoms with Crippen LogP contribution in [0.25, 0.3) is 0 Å². The van der Waals surface area contributed by atoms with Crippen LogP contribution in [0.3, 0.4) is 0 Å². The van der Waals surface area contributed by atoms with Crippen LogP contribution in [0.15, 0.2) is 0 Å². The molecule has 0 aromatic heterocycles. The van der Waals surface area contributed by atoms with Gasteiger partial charge in [0, 0.05) is 19.0 Å². The summed E-state index contributed by atoms with van der Waals surface area (Å²) in [4.78, 5) is 13.8. The fraction of sp³-hybridized carbons (Fsp3) is 0.917. The molecule has 0 saturated heterocycles. The maximum Gasteiger partial charge on any atom is 0.225 e. The topological polar surface area (TPSA) is 46.3 Å². The molecule has 1 amide bonds. The van der Waals surface area contributed by atoms with Crippen LogP contribution in [-0.2, 0) is 4.79 Å². The first-order valence-electron chi connectivity index (χ1n) is 6.01. The Kier molecular flexibility index (Phi) is 7.39. The number of nitrogens with zero attached hydrogens (tertiary/aromatic N) is 1. The normalized spacial score (nSPS) is 14.7. The highest BCUT2D eigenvalue weighted by atomic mass is 16.2. The first-order valence-corrected chi connectivity index (χ1v) is 6.01. The number of rotatable bonds is 7. The lowest BCUT2D eigenvalue weighted by atomic mass is 10.0. The summed E-state index contributed by atoms with van der Waals surface area (Å²) in [7, 11) is 1.90. The summed E-state index contributed by atoms with van der Waals surface area (Å²) in [6.45, 7) is 6.92. The molecule has 0 aromatic carbocycles. The lowest BCUT2D eigenvalue weighted by Crippen LogP contribution is -2.38. The fourth-order valence-electron chi connectivity index (χ4n) is 1.72. The second-order valence-electron chi connectivity index (χ2n) is 4.42. The van der Waals surface area contributed by atoms with E-state index in [1.165, 1.54) is 0 Å². The molecular formula is C12H26N2O. The van der Waals surface area contributed by atoms with Crippen molar-refractivity contribution in [2.24, 2.45) is 11.7 Å². The van der Waals surface area contributed by atoms with Crippen LogP contribution in [0.1, 0.15) is 46.5 Å². The summed E-state index contributed by atoms with van der Waals surface area (Å²) in [5.74, 6) is 0.363. The van der Waals surface area contributed by atoms with Crippen molar-refractivity contribution < 1.29 is 4.79 Å². The molecule has 15 heavy (non-hydrogen) atoms. The Labute approximate surface area is 94.0 Å². The van der Waals surface area contributed by atoms with Gasteiger partial charge in [0.25, 0.3) is 0 Å². The van der Waals surface area contributed by atoms with Crippen molar-refractivity contribution in [1.82, 2.24) is 4.90 Å². The lowest BCUT2D eigenvalue weighted by molar-refractivity contribution is -0.135. The minimum atomic E-state index is 0.109. The van der Waals surface area contributed by atoms with E-state index in [0.29, 0.717) is 12.6 Å². The quantitative estimate of drug-likeness (QED) is 0.704. The molecule has 0 aliphatic carbocycles. The van der Waals surface area contributed by atoms with Gasteiger partial charge in [-0.1, -0.05) is 20.3 Å². The van der Waals surface area contributed by atoms with Crippen LogP contribution in [0.5, 0.6) is 0 Å². The molecule has 0 fully saturated rings. The first-order chi connectivity index (χ1) is 7.04. The summed E-state index contributed by atoms with van der Waals surface area (Å²) in [6.07, 6.45) is 4.03. The maximum absolute atomic E-state index is 12.0. The van der Waals surface area contributed by atoms with Gasteiger partial charge in [0.2, 0.25) is 5.91 Å². The highest BCUT2D eigenvalue weighted by Crippen LogP contribution is 2.12. The number of carbonyl (C=O) groups excluding carboxylic acids is 1. The zero-order valence-corrected chi connectivity index (χ0v) is 10.6. The predicted octanol–water partition coefficient (Wildman–Crippen LogP) is 2.01. The van der Waals surface area contributed by atoms with Gasteiger partial charge < -0.3 is 10.6 Å². The van der Waals surface area contributed by atoms with Crippen molar-refractivity contribution in [3.8, 4) is 0 Å². The molecule has 3 heteroatoms. The lowest BCUT2D eigenvalue weighted by Gasteiger charge is -2.27. The van der Waals surface area contributed by atoms with E-state index in [-0.39, 0.29) is 11.8 Å². The van der Waals surface area contributed by atoms with Gasteiger partial charge in [0.15, 0.2) is 0 Å². The molecule has 0 aliphatic rings. The van der Waals surface area contributed by atoms with Crippen LogP contribution >= 0.6 is 0 Å². The minimum absolute atomic E-state index is 0.109. The number of hydrogen-bond donors (Lipinski definition) is 1. The third-order valence-corrected chi connectivity index (χ3v) is 2.98. The summed E-state index contributed by atoms with van der Waals surface area (Å²) < 4.78 is 0. The van der Waals surface area contributed by atoms with E-state index in [0.717, 1.165) is 25.7 Å². The zero-order valence-electron chi connectivity index (χ0n) is 10.6. The Bertz CT molecular complexity index is 182. The molecule has 2 unspecified atom stereocenters. The molecule has 0 radical (unpaired) electrons. The first kappa shape index (κ1) is 14.4. The standard InChI is InChI=1S/C12H26N2O/c1-5-7-11(3)14(4)12(15)10(2)8-6-9-13/h10-11H,5-9,13H2,1-4H3. The van der Waals surface area contributed by atoms with Crippen molar-refractivity contribution in [2.45, 2.75) is 52.5 Å². The molecule has 90 valence electrons. The monoisotopic (exact) mass is 214 g/mol. The third-order valence-electron chi connectivity index (χ3n) is 2.98. The molecule has 0 aliphatic heterocycles. The molecule has 0 rings (SSSR count). The Morgan fingerprint density at radius 2 is 1.93 bits per heavy atom. The third kappa shape index (κ3) is 5.17. The fourth-order valence-corrected chi connectivity index (χ4v) is 1.72. The van der Waals surface area contributed by atoms with E-state index >= 15 is 0 Å². The van der Waals surface area contributed by atoms with Crippen LogP contribution in [0.2, 0.25) is 0 Å². The van der Waals surface area contributed by atoms with Gasteiger partial charge in [-0.05, 0) is 32.7 Å². The Morgan fingerprint density at radius 3 is 2.40 bits per heavy atom. The van der Waals surface area contributed by atoms with Crippen LogP contribution in [0, 0.1) is 5.92 Å². The van der Waals surface area contributed by atoms with E-state index < -0.39 is 0 Å². The predicted molar refractivity (Wildman–Crippen MR) is 64.6 cm³/mol. The molecule has 0 spiro atoms. The zero-order chi connectivity index (χ0) is 11.8. The second-order valence-corrected chi connectivity index (χ2v) is 4.42. The SMILES string of the molecule is CCCC(C)N(C)C(=O)C(C)CCCN. The molecule has 0 saturated carbocycles. The average Bonchev–Trinajstić information content (AvgIpc) is 2.24. The molecule has 3 nitrogen and oxygen atoms in total. The Morgan fingerprint density at radius 1 is 1.33 bits per heavy atom. The summed E-state index contributed by atoms with van der Waals surface area (Å²) >= 11 is 0. The van der Waals surface area contributed by atoms with Gasteiger partial charge in [0.05, 0.1) is 0 Å². The van der Waals surface area contributed by atoms with Crippen LogP contribution in [0.4, 0.5) is 0 Å². The van der Waals surface area contributed by atoms with E-state index in [2.05, 4.69) is 13.8 Å². The molecule has 2 atom stereocenters. The molecule has 0 bridgehead atoms. The van der Waals surface area contributed by atoms with Crippen molar-refractivity contribution in [1.29, 1.82) is 0 Å². The average molecular weight is 214 g/mol. The highest BCUT2D eigenvalue weighted by Gasteiger charge is 2.20.